The van der Waals surface area contributed by atoms with Gasteiger partial charge in [-0.2, -0.15) is 0 Å². The number of carbonyl (C=O) groups excluding carboxylic acids is 3. The molecule has 1 atom stereocenters. The van der Waals surface area contributed by atoms with Gasteiger partial charge in [0.2, 0.25) is 5.91 Å². The first kappa shape index (κ1) is 20.4. The number of halogens is 2. The molecule has 2 aromatic carbocycles. The summed E-state index contributed by atoms with van der Waals surface area (Å²) in [7, 11) is -0.892. The molecule has 1 fully saturated rings. The Morgan fingerprint density at radius 2 is 1.89 bits per heavy atom. The Labute approximate surface area is 175 Å². The van der Waals surface area contributed by atoms with E-state index in [2.05, 4.69) is 26.6 Å². The smallest absolute Gasteiger partial charge is 0.506 e. The quantitative estimate of drug-likeness (QED) is 0.639. The maximum absolute atomic E-state index is 12.1. The number of nitrogens with one attached hydrogen (secondary N) is 2. The van der Waals surface area contributed by atoms with E-state index in [1.165, 1.54) is 0 Å². The lowest BCUT2D eigenvalue weighted by Gasteiger charge is -2.09. The molecule has 0 saturated carbocycles. The third kappa shape index (κ3) is 5.12. The molecule has 28 heavy (non-hydrogen) atoms. The maximum atomic E-state index is 12.1. The lowest BCUT2D eigenvalue weighted by atomic mass is 9.91. The van der Waals surface area contributed by atoms with Crippen molar-refractivity contribution in [1.29, 1.82) is 0 Å². The first-order valence-electron chi connectivity index (χ1n) is 8.35. The first-order valence-corrected chi connectivity index (χ1v) is 9.52. The number of amides is 2. The van der Waals surface area contributed by atoms with Crippen LogP contribution >= 0.6 is 27.5 Å². The van der Waals surface area contributed by atoms with Gasteiger partial charge in [0.15, 0.2) is 6.10 Å². The van der Waals surface area contributed by atoms with Gasteiger partial charge in [0.05, 0.1) is 23.6 Å². The average Bonchev–Trinajstić information content (AvgIpc) is 3.07. The highest BCUT2D eigenvalue weighted by atomic mass is 79.9. The fraction of sp³-hybridized carbons (Fsp3) is 0.167. The molecule has 2 N–H and O–H groups in total. The van der Waals surface area contributed by atoms with Crippen molar-refractivity contribution in [2.24, 2.45) is 0 Å². The average molecular weight is 465 g/mol. The zero-order chi connectivity index (χ0) is 20.1. The molecular weight excluding hydrogens is 450 g/mol. The maximum Gasteiger partial charge on any atom is 0.548 e. The zero-order valence-corrected chi connectivity index (χ0v) is 16.8. The summed E-state index contributed by atoms with van der Waals surface area (Å²) in [5.41, 5.74) is 0.932. The number of benzene rings is 2. The number of hydrogen-bond donors (Lipinski definition) is 2. The Bertz CT molecular complexity index is 899. The van der Waals surface area contributed by atoms with Crippen LogP contribution in [0.2, 0.25) is 5.02 Å². The second-order valence-electron chi connectivity index (χ2n) is 5.90. The van der Waals surface area contributed by atoms with Gasteiger partial charge in [-0.15, -0.1) is 0 Å². The summed E-state index contributed by atoms with van der Waals surface area (Å²) in [6.07, 6.45) is -0.844. The molecule has 0 spiro atoms. The van der Waals surface area contributed by atoms with Gasteiger partial charge >= 0.3 is 13.1 Å². The lowest BCUT2D eigenvalue weighted by molar-refractivity contribution is -0.136. The first-order chi connectivity index (χ1) is 13.4. The molecular formula is C18H15BBrClN2O5. The summed E-state index contributed by atoms with van der Waals surface area (Å²) in [4.78, 5) is 36.0. The monoisotopic (exact) mass is 464 g/mol. The van der Waals surface area contributed by atoms with Gasteiger partial charge < -0.3 is 19.9 Å². The van der Waals surface area contributed by atoms with Crippen molar-refractivity contribution < 1.29 is 23.7 Å². The zero-order valence-electron chi connectivity index (χ0n) is 14.5. The van der Waals surface area contributed by atoms with Crippen LogP contribution in [0.1, 0.15) is 22.0 Å². The van der Waals surface area contributed by atoms with Crippen molar-refractivity contribution >= 4 is 52.4 Å². The predicted molar refractivity (Wildman–Crippen MR) is 107 cm³/mol. The number of carbonyl (C=O) groups is 3. The molecule has 1 saturated heterocycles. The van der Waals surface area contributed by atoms with E-state index in [-0.39, 0.29) is 23.6 Å². The van der Waals surface area contributed by atoms with Crippen molar-refractivity contribution in [3.8, 4) is 0 Å². The summed E-state index contributed by atoms with van der Waals surface area (Å²) >= 11 is 9.24. The fourth-order valence-electron chi connectivity index (χ4n) is 2.55. The third-order valence-electron chi connectivity index (χ3n) is 3.90. The van der Waals surface area contributed by atoms with Gasteiger partial charge in [-0.3, -0.25) is 14.4 Å². The Balaban J connectivity index is 1.45. The van der Waals surface area contributed by atoms with E-state index < -0.39 is 31.0 Å². The SMILES string of the molecule is O=C(CNC(=O)c1cc(Br)ccc1Cl)NCB1OC(=O)C(c2ccccc2)O1. The summed E-state index contributed by atoms with van der Waals surface area (Å²) in [5.74, 6) is -1.44. The van der Waals surface area contributed by atoms with Crippen molar-refractivity contribution in [2.75, 3.05) is 13.0 Å². The number of rotatable bonds is 6. The van der Waals surface area contributed by atoms with Gasteiger partial charge in [-0.1, -0.05) is 57.9 Å². The van der Waals surface area contributed by atoms with Gasteiger partial charge in [0, 0.05) is 4.47 Å². The Kier molecular flexibility index (Phi) is 6.72. The Morgan fingerprint density at radius 3 is 2.64 bits per heavy atom. The van der Waals surface area contributed by atoms with Crippen LogP contribution in [0.15, 0.2) is 53.0 Å². The molecule has 144 valence electrons. The molecule has 2 aromatic rings. The van der Waals surface area contributed by atoms with E-state index in [1.807, 2.05) is 6.07 Å². The molecule has 1 heterocycles. The van der Waals surface area contributed by atoms with Crippen molar-refractivity contribution in [2.45, 2.75) is 6.10 Å². The fourth-order valence-corrected chi connectivity index (χ4v) is 3.11. The van der Waals surface area contributed by atoms with Crippen LogP contribution in [0.25, 0.3) is 0 Å². The lowest BCUT2D eigenvalue weighted by Crippen LogP contribution is -2.42. The third-order valence-corrected chi connectivity index (χ3v) is 4.72. The predicted octanol–water partition coefficient (Wildman–Crippen LogP) is 2.29. The van der Waals surface area contributed by atoms with Crippen molar-refractivity contribution in [3.05, 3.63) is 69.2 Å². The topological polar surface area (TPSA) is 93.7 Å². The minimum atomic E-state index is -0.892. The number of hydrogen-bond acceptors (Lipinski definition) is 5. The van der Waals surface area contributed by atoms with Gasteiger partial charge in [0.25, 0.3) is 5.91 Å². The van der Waals surface area contributed by atoms with Crippen molar-refractivity contribution in [3.63, 3.8) is 0 Å². The van der Waals surface area contributed by atoms with Crippen LogP contribution in [0, 0.1) is 0 Å². The summed E-state index contributed by atoms with van der Waals surface area (Å²) in [6, 6.07) is 13.8. The molecule has 0 aromatic heterocycles. The second kappa shape index (κ2) is 9.23. The summed E-state index contributed by atoms with van der Waals surface area (Å²) in [5, 5.41) is 5.31. The molecule has 0 bridgehead atoms. The van der Waals surface area contributed by atoms with Crippen LogP contribution in [0.4, 0.5) is 0 Å². The van der Waals surface area contributed by atoms with Crippen LogP contribution in [0.5, 0.6) is 0 Å². The van der Waals surface area contributed by atoms with Crippen LogP contribution in [-0.4, -0.2) is 37.9 Å². The minimum absolute atomic E-state index is 0.0264. The second-order valence-corrected chi connectivity index (χ2v) is 7.23. The van der Waals surface area contributed by atoms with E-state index in [1.54, 1.807) is 42.5 Å². The van der Waals surface area contributed by atoms with E-state index in [4.69, 9.17) is 20.9 Å². The largest absolute Gasteiger partial charge is 0.548 e. The van der Waals surface area contributed by atoms with Crippen molar-refractivity contribution in [1.82, 2.24) is 10.6 Å². The summed E-state index contributed by atoms with van der Waals surface area (Å²) in [6.45, 7) is -0.259. The Hall–Kier alpha value is -2.36. The molecule has 1 unspecified atom stereocenters. The van der Waals surface area contributed by atoms with E-state index in [9.17, 15) is 14.4 Å². The van der Waals surface area contributed by atoms with Gasteiger partial charge in [-0.05, 0) is 23.8 Å². The molecule has 1 aliphatic rings. The van der Waals surface area contributed by atoms with E-state index in [0.717, 1.165) is 0 Å². The normalized spacial score (nSPS) is 15.9. The highest BCUT2D eigenvalue weighted by Crippen LogP contribution is 2.25. The highest BCUT2D eigenvalue weighted by molar-refractivity contribution is 9.10. The summed E-state index contributed by atoms with van der Waals surface area (Å²) < 4.78 is 11.3. The molecule has 0 radical (unpaired) electrons. The van der Waals surface area contributed by atoms with Crippen LogP contribution in [0.3, 0.4) is 0 Å². The minimum Gasteiger partial charge on any atom is -0.506 e. The molecule has 3 rings (SSSR count). The van der Waals surface area contributed by atoms with Gasteiger partial charge in [0.1, 0.15) is 0 Å². The molecule has 2 amide bonds. The van der Waals surface area contributed by atoms with Crippen LogP contribution in [-0.2, 0) is 18.9 Å². The molecule has 7 nitrogen and oxygen atoms in total. The molecule has 0 aliphatic carbocycles. The van der Waals surface area contributed by atoms with E-state index >= 15 is 0 Å². The van der Waals surface area contributed by atoms with Gasteiger partial charge in [-0.25, -0.2) is 0 Å². The van der Waals surface area contributed by atoms with Crippen LogP contribution < -0.4 is 10.6 Å². The molecule has 10 heteroatoms. The Morgan fingerprint density at radius 1 is 1.14 bits per heavy atom. The van der Waals surface area contributed by atoms with E-state index in [0.29, 0.717) is 10.0 Å². The highest BCUT2D eigenvalue weighted by Gasteiger charge is 2.40. The molecule has 1 aliphatic heterocycles. The standard InChI is InChI=1S/C18H15BBrClN2O5/c20-12-6-7-14(21)13(8-12)17(25)22-9-15(24)23-10-19-27-16(18(26)28-19)11-4-2-1-3-5-11/h1-8,16H,9-10H2,(H,22,25)(H,23,24).